The largest absolute Gasteiger partial charge is 0.416 e. The first-order valence-electron chi connectivity index (χ1n) is 10.6. The Bertz CT molecular complexity index is 1200. The molecule has 1 aliphatic rings. The molecule has 0 atom stereocenters. The number of benzene rings is 2. The number of aryl methyl sites for hydroxylation is 2. The highest BCUT2D eigenvalue weighted by atomic mass is 19.4. The maximum absolute atomic E-state index is 13.2. The number of hydrazone groups is 1. The van der Waals surface area contributed by atoms with Gasteiger partial charge in [-0.1, -0.05) is 41.5 Å². The molecule has 3 aromatic rings. The Balaban J connectivity index is 1.53. The van der Waals surface area contributed by atoms with E-state index in [0.717, 1.165) is 34.5 Å². The van der Waals surface area contributed by atoms with Crippen molar-refractivity contribution >= 4 is 11.6 Å². The second kappa shape index (κ2) is 8.17. The van der Waals surface area contributed by atoms with Gasteiger partial charge in [-0.2, -0.15) is 23.4 Å². The maximum Gasteiger partial charge on any atom is 0.416 e. The smallest absolute Gasteiger partial charge is 0.268 e. The lowest BCUT2D eigenvalue weighted by Crippen LogP contribution is -2.40. The molecule has 172 valence electrons. The zero-order valence-electron chi connectivity index (χ0n) is 18.9. The van der Waals surface area contributed by atoms with Crippen molar-refractivity contribution in [3.8, 4) is 0 Å². The number of aromatic nitrogens is 2. The second-order valence-corrected chi connectivity index (χ2v) is 9.15. The fraction of sp³-hybridized carbons (Fsp3) is 0.320. The molecule has 0 unspecified atom stereocenters. The lowest BCUT2D eigenvalue weighted by Gasteiger charge is -2.28. The molecule has 2 aromatic carbocycles. The third-order valence-electron chi connectivity index (χ3n) is 5.65. The molecule has 0 bridgehead atoms. The summed E-state index contributed by atoms with van der Waals surface area (Å²) in [6.07, 6.45) is -0.683. The summed E-state index contributed by atoms with van der Waals surface area (Å²) >= 11 is 0. The van der Waals surface area contributed by atoms with Crippen molar-refractivity contribution in [2.75, 3.05) is 0 Å². The predicted molar refractivity (Wildman–Crippen MR) is 120 cm³/mol. The van der Waals surface area contributed by atoms with Crippen LogP contribution in [0.2, 0.25) is 0 Å². The van der Waals surface area contributed by atoms with Crippen molar-refractivity contribution in [3.05, 3.63) is 88.2 Å². The average molecular weight is 454 g/mol. The molecule has 1 aliphatic heterocycles. The molecule has 0 radical (unpaired) electrons. The Morgan fingerprint density at radius 2 is 1.70 bits per heavy atom. The second-order valence-electron chi connectivity index (χ2n) is 9.15. The molecule has 1 aromatic heterocycles. The first-order chi connectivity index (χ1) is 15.4. The highest BCUT2D eigenvalue weighted by molar-refractivity contribution is 6.05. The van der Waals surface area contributed by atoms with Gasteiger partial charge in [0.05, 0.1) is 35.1 Å². The quantitative estimate of drug-likeness (QED) is 0.516. The summed E-state index contributed by atoms with van der Waals surface area (Å²) in [5.41, 5.74) is 3.98. The summed E-state index contributed by atoms with van der Waals surface area (Å²) in [6.45, 7) is 8.26. The van der Waals surface area contributed by atoms with Crippen LogP contribution in [0, 0.1) is 13.8 Å². The van der Waals surface area contributed by atoms with Crippen LogP contribution in [0.15, 0.2) is 60.0 Å². The summed E-state index contributed by atoms with van der Waals surface area (Å²) in [7, 11) is 0. The van der Waals surface area contributed by atoms with Crippen LogP contribution in [-0.2, 0) is 12.7 Å². The number of nitrogens with zero attached hydrogens (tertiary/aromatic N) is 4. The van der Waals surface area contributed by atoms with Crippen molar-refractivity contribution in [1.29, 1.82) is 0 Å². The van der Waals surface area contributed by atoms with Crippen LogP contribution >= 0.6 is 0 Å². The van der Waals surface area contributed by atoms with Gasteiger partial charge in [0.25, 0.3) is 5.91 Å². The molecular formula is C25H25F3N4O. The number of hydrogen-bond acceptors (Lipinski definition) is 3. The van der Waals surface area contributed by atoms with E-state index >= 15 is 0 Å². The number of alkyl halides is 3. The van der Waals surface area contributed by atoms with Crippen LogP contribution in [0.4, 0.5) is 13.2 Å². The molecule has 8 heteroatoms. The average Bonchev–Trinajstić information content (AvgIpc) is 3.30. The fourth-order valence-corrected chi connectivity index (χ4v) is 4.07. The Hall–Kier alpha value is -3.42. The van der Waals surface area contributed by atoms with Gasteiger partial charge in [0.2, 0.25) is 0 Å². The zero-order chi connectivity index (χ0) is 24.0. The molecule has 0 aliphatic carbocycles. The third-order valence-corrected chi connectivity index (χ3v) is 5.65. The summed E-state index contributed by atoms with van der Waals surface area (Å²) in [6, 6.07) is 11.1. The van der Waals surface area contributed by atoms with E-state index in [2.05, 4.69) is 28.4 Å². The van der Waals surface area contributed by atoms with E-state index in [1.54, 1.807) is 6.20 Å². The standard InChI is InChI=1S/C25H25F3N4O/c1-16-9-17(2)11-19(10-16)22-12-24(3,4)32(30-22)23(33)20-13-29-31(15-20)14-18-5-7-21(8-6-18)25(26,27)28/h5-11,13,15H,12,14H2,1-4H3. The number of hydrogen-bond donors (Lipinski definition) is 0. The van der Waals surface area contributed by atoms with Gasteiger partial charge in [-0.15, -0.1) is 0 Å². The zero-order valence-corrected chi connectivity index (χ0v) is 18.9. The van der Waals surface area contributed by atoms with Gasteiger partial charge in [0.1, 0.15) is 0 Å². The van der Waals surface area contributed by atoms with Crippen molar-refractivity contribution in [3.63, 3.8) is 0 Å². The van der Waals surface area contributed by atoms with Gasteiger partial charge in [-0.3, -0.25) is 9.48 Å². The van der Waals surface area contributed by atoms with E-state index in [9.17, 15) is 18.0 Å². The van der Waals surface area contributed by atoms with E-state index < -0.39 is 17.3 Å². The maximum atomic E-state index is 13.2. The summed E-state index contributed by atoms with van der Waals surface area (Å²) in [5.74, 6) is -0.266. The van der Waals surface area contributed by atoms with E-state index in [1.165, 1.54) is 28.0 Å². The van der Waals surface area contributed by atoms with E-state index in [0.29, 0.717) is 17.5 Å². The summed E-state index contributed by atoms with van der Waals surface area (Å²) < 4.78 is 39.8. The fourth-order valence-electron chi connectivity index (χ4n) is 4.07. The normalized spacial score (nSPS) is 15.6. The van der Waals surface area contributed by atoms with Crippen LogP contribution in [0.25, 0.3) is 0 Å². The van der Waals surface area contributed by atoms with Gasteiger partial charge in [-0.25, -0.2) is 5.01 Å². The molecule has 1 amide bonds. The monoisotopic (exact) mass is 454 g/mol. The van der Waals surface area contributed by atoms with Crippen LogP contribution in [-0.4, -0.2) is 31.9 Å². The van der Waals surface area contributed by atoms with Crippen LogP contribution in [0.3, 0.4) is 0 Å². The van der Waals surface area contributed by atoms with Gasteiger partial charge >= 0.3 is 6.18 Å². The predicted octanol–water partition coefficient (Wildman–Crippen LogP) is 5.60. The molecule has 0 N–H and O–H groups in total. The minimum absolute atomic E-state index is 0.256. The van der Waals surface area contributed by atoms with Crippen LogP contribution in [0.1, 0.15) is 58.4 Å². The molecule has 0 saturated heterocycles. The summed E-state index contributed by atoms with van der Waals surface area (Å²) in [5, 5.41) is 10.4. The van der Waals surface area contributed by atoms with Gasteiger partial charge in [0.15, 0.2) is 0 Å². The van der Waals surface area contributed by atoms with Gasteiger partial charge in [0, 0.05) is 12.6 Å². The first kappa shape index (κ1) is 22.8. The van der Waals surface area contributed by atoms with E-state index in [1.807, 2.05) is 27.7 Å². The molecule has 5 nitrogen and oxygen atoms in total. The van der Waals surface area contributed by atoms with Crippen molar-refractivity contribution in [1.82, 2.24) is 14.8 Å². The molecule has 0 fully saturated rings. The minimum atomic E-state index is -4.37. The van der Waals surface area contributed by atoms with Crippen molar-refractivity contribution < 1.29 is 18.0 Å². The Morgan fingerprint density at radius 3 is 2.30 bits per heavy atom. The molecule has 0 saturated carbocycles. The molecule has 2 heterocycles. The van der Waals surface area contributed by atoms with Gasteiger partial charge < -0.3 is 0 Å². The Labute approximate surface area is 190 Å². The highest BCUT2D eigenvalue weighted by Gasteiger charge is 2.39. The number of halogens is 3. The number of carbonyl (C=O) groups is 1. The molecule has 4 rings (SSSR count). The van der Waals surface area contributed by atoms with E-state index in [-0.39, 0.29) is 12.5 Å². The molecular weight excluding hydrogens is 429 g/mol. The highest BCUT2D eigenvalue weighted by Crippen LogP contribution is 2.32. The topological polar surface area (TPSA) is 50.5 Å². The lowest BCUT2D eigenvalue weighted by atomic mass is 9.93. The van der Waals surface area contributed by atoms with Crippen molar-refractivity contribution in [2.45, 2.75) is 52.4 Å². The number of rotatable bonds is 4. The Morgan fingerprint density at radius 1 is 1.06 bits per heavy atom. The molecule has 0 spiro atoms. The lowest BCUT2D eigenvalue weighted by molar-refractivity contribution is -0.137. The van der Waals surface area contributed by atoms with Crippen molar-refractivity contribution in [2.24, 2.45) is 5.10 Å². The van der Waals surface area contributed by atoms with E-state index in [4.69, 9.17) is 0 Å². The molecule has 33 heavy (non-hydrogen) atoms. The SMILES string of the molecule is Cc1cc(C)cc(C2=NN(C(=O)c3cnn(Cc4ccc(C(F)(F)F)cc4)c3)C(C)(C)C2)c1. The van der Waals surface area contributed by atoms with Crippen LogP contribution in [0.5, 0.6) is 0 Å². The number of carbonyl (C=O) groups excluding carboxylic acids is 1. The minimum Gasteiger partial charge on any atom is -0.268 e. The Kier molecular flexibility index (Phi) is 5.64. The third kappa shape index (κ3) is 4.84. The van der Waals surface area contributed by atoms with Gasteiger partial charge in [-0.05, 0) is 51.0 Å². The first-order valence-corrected chi connectivity index (χ1v) is 10.6. The van der Waals surface area contributed by atoms with Crippen LogP contribution < -0.4 is 0 Å². The number of amides is 1. The summed E-state index contributed by atoms with van der Waals surface area (Å²) in [4.78, 5) is 13.2.